The van der Waals surface area contributed by atoms with Gasteiger partial charge < -0.3 is 15.8 Å². The van der Waals surface area contributed by atoms with Crippen molar-refractivity contribution in [1.29, 1.82) is 0 Å². The van der Waals surface area contributed by atoms with Crippen LogP contribution in [0, 0.1) is 13.8 Å². The van der Waals surface area contributed by atoms with Crippen LogP contribution in [0.2, 0.25) is 0 Å². The van der Waals surface area contributed by atoms with E-state index >= 15 is 0 Å². The van der Waals surface area contributed by atoms with Crippen LogP contribution in [0.3, 0.4) is 0 Å². The molecule has 0 aliphatic carbocycles. The minimum atomic E-state index is -0.166. The van der Waals surface area contributed by atoms with Crippen molar-refractivity contribution in [2.75, 3.05) is 13.7 Å². The normalized spacial score (nSPS) is 10.0. The molecule has 1 aromatic rings. The molecule has 1 aromatic carbocycles. The fourth-order valence-electron chi connectivity index (χ4n) is 1.44. The third-order valence-corrected chi connectivity index (χ3v) is 2.56. The van der Waals surface area contributed by atoms with Gasteiger partial charge in [-0.3, -0.25) is 4.79 Å². The van der Waals surface area contributed by atoms with Crippen LogP contribution in [0.1, 0.15) is 16.7 Å². The molecule has 0 unspecified atom stereocenters. The van der Waals surface area contributed by atoms with Crippen LogP contribution in [0.4, 0.5) is 0 Å². The number of hydrogen-bond acceptors (Lipinski definition) is 3. The zero-order valence-corrected chi connectivity index (χ0v) is 9.96. The molecular weight excluding hydrogens is 204 g/mol. The molecule has 0 saturated heterocycles. The van der Waals surface area contributed by atoms with Gasteiger partial charge in [-0.25, -0.2) is 0 Å². The van der Waals surface area contributed by atoms with Crippen molar-refractivity contribution in [3.05, 3.63) is 28.8 Å². The third-order valence-electron chi connectivity index (χ3n) is 2.56. The molecule has 0 aromatic heterocycles. The molecular formula is C12H18N2O2. The van der Waals surface area contributed by atoms with Crippen LogP contribution in [0.25, 0.3) is 0 Å². The van der Waals surface area contributed by atoms with E-state index in [9.17, 15) is 4.79 Å². The molecule has 0 heterocycles. The first-order chi connectivity index (χ1) is 7.58. The molecule has 0 radical (unpaired) electrons. The van der Waals surface area contributed by atoms with Gasteiger partial charge in [0, 0.05) is 12.1 Å². The van der Waals surface area contributed by atoms with E-state index in [1.165, 1.54) is 11.1 Å². The average Bonchev–Trinajstić information content (AvgIpc) is 2.29. The van der Waals surface area contributed by atoms with Crippen LogP contribution in [0.5, 0.6) is 5.75 Å². The van der Waals surface area contributed by atoms with Gasteiger partial charge in [0.25, 0.3) is 0 Å². The van der Waals surface area contributed by atoms with Crippen molar-refractivity contribution in [2.24, 2.45) is 5.73 Å². The molecule has 16 heavy (non-hydrogen) atoms. The van der Waals surface area contributed by atoms with Crippen LogP contribution < -0.4 is 15.8 Å². The molecule has 0 aliphatic rings. The van der Waals surface area contributed by atoms with Gasteiger partial charge in [0.15, 0.2) is 0 Å². The van der Waals surface area contributed by atoms with Gasteiger partial charge in [-0.2, -0.15) is 0 Å². The number of rotatable bonds is 4. The number of benzene rings is 1. The van der Waals surface area contributed by atoms with E-state index in [2.05, 4.69) is 5.32 Å². The summed E-state index contributed by atoms with van der Waals surface area (Å²) in [5.74, 6) is 0.626. The number of ether oxygens (including phenoxy) is 1. The van der Waals surface area contributed by atoms with Crippen molar-refractivity contribution in [3.8, 4) is 5.75 Å². The predicted octanol–water partition coefficient (Wildman–Crippen LogP) is 0.887. The number of hydrogen-bond donors (Lipinski definition) is 2. The Morgan fingerprint density at radius 2 is 2.00 bits per heavy atom. The van der Waals surface area contributed by atoms with Gasteiger partial charge in [-0.15, -0.1) is 0 Å². The second kappa shape index (κ2) is 5.51. The molecule has 0 saturated carbocycles. The lowest BCUT2D eigenvalue weighted by Crippen LogP contribution is -2.29. The van der Waals surface area contributed by atoms with Crippen molar-refractivity contribution in [1.82, 2.24) is 5.32 Å². The predicted molar refractivity (Wildman–Crippen MR) is 63.4 cm³/mol. The largest absolute Gasteiger partial charge is 0.496 e. The van der Waals surface area contributed by atoms with Crippen LogP contribution in [-0.4, -0.2) is 19.6 Å². The van der Waals surface area contributed by atoms with Crippen molar-refractivity contribution in [3.63, 3.8) is 0 Å². The van der Waals surface area contributed by atoms with Crippen LogP contribution in [0.15, 0.2) is 12.1 Å². The van der Waals surface area contributed by atoms with Crippen molar-refractivity contribution < 1.29 is 9.53 Å². The standard InChI is InChI=1S/C12H18N2O2/c1-8-4-10(7-14-12(15)6-13)11(16-3)5-9(8)2/h4-5H,6-7,13H2,1-3H3,(H,14,15). The van der Waals surface area contributed by atoms with E-state index in [0.29, 0.717) is 6.54 Å². The Kier molecular flexibility index (Phi) is 4.31. The highest BCUT2D eigenvalue weighted by atomic mass is 16.5. The summed E-state index contributed by atoms with van der Waals surface area (Å²) >= 11 is 0. The number of aryl methyl sites for hydroxylation is 2. The summed E-state index contributed by atoms with van der Waals surface area (Å²) < 4.78 is 5.26. The number of amides is 1. The summed E-state index contributed by atoms with van der Waals surface area (Å²) in [7, 11) is 1.62. The zero-order chi connectivity index (χ0) is 12.1. The van der Waals surface area contributed by atoms with Gasteiger partial charge in [0.05, 0.1) is 13.7 Å². The van der Waals surface area contributed by atoms with E-state index in [-0.39, 0.29) is 12.5 Å². The first-order valence-electron chi connectivity index (χ1n) is 5.19. The quantitative estimate of drug-likeness (QED) is 0.795. The molecule has 88 valence electrons. The number of nitrogens with two attached hydrogens (primary N) is 1. The van der Waals surface area contributed by atoms with Crippen LogP contribution >= 0.6 is 0 Å². The highest BCUT2D eigenvalue weighted by Crippen LogP contribution is 2.22. The molecule has 0 aliphatic heterocycles. The Morgan fingerprint density at radius 3 is 2.56 bits per heavy atom. The Balaban J connectivity index is 2.86. The minimum Gasteiger partial charge on any atom is -0.496 e. The number of carbonyl (C=O) groups excluding carboxylic acids is 1. The topological polar surface area (TPSA) is 64.3 Å². The first kappa shape index (κ1) is 12.5. The zero-order valence-electron chi connectivity index (χ0n) is 9.96. The molecule has 4 nitrogen and oxygen atoms in total. The Morgan fingerprint density at radius 1 is 1.38 bits per heavy atom. The number of methoxy groups -OCH3 is 1. The minimum absolute atomic E-state index is 0.00710. The second-order valence-corrected chi connectivity index (χ2v) is 3.73. The maximum absolute atomic E-state index is 11.1. The fraction of sp³-hybridized carbons (Fsp3) is 0.417. The lowest BCUT2D eigenvalue weighted by molar-refractivity contribution is -0.119. The Hall–Kier alpha value is -1.55. The van der Waals surface area contributed by atoms with E-state index < -0.39 is 0 Å². The summed E-state index contributed by atoms with van der Waals surface area (Å²) in [6, 6.07) is 3.99. The highest BCUT2D eigenvalue weighted by molar-refractivity contribution is 5.77. The summed E-state index contributed by atoms with van der Waals surface area (Å²) in [6.07, 6.45) is 0. The maximum atomic E-state index is 11.1. The molecule has 4 heteroatoms. The summed E-state index contributed by atoms with van der Waals surface area (Å²) in [5.41, 5.74) is 8.53. The average molecular weight is 222 g/mol. The molecule has 0 spiro atoms. The lowest BCUT2D eigenvalue weighted by atomic mass is 10.0. The monoisotopic (exact) mass is 222 g/mol. The van der Waals surface area contributed by atoms with E-state index in [0.717, 1.165) is 11.3 Å². The third kappa shape index (κ3) is 2.97. The van der Waals surface area contributed by atoms with Crippen molar-refractivity contribution in [2.45, 2.75) is 20.4 Å². The molecule has 3 N–H and O–H groups in total. The number of carbonyl (C=O) groups is 1. The SMILES string of the molecule is COc1cc(C)c(C)cc1CNC(=O)CN. The Labute approximate surface area is 95.8 Å². The second-order valence-electron chi connectivity index (χ2n) is 3.73. The van der Waals surface area contributed by atoms with E-state index in [4.69, 9.17) is 10.5 Å². The van der Waals surface area contributed by atoms with Gasteiger partial charge >= 0.3 is 0 Å². The Bertz CT molecular complexity index is 389. The van der Waals surface area contributed by atoms with E-state index in [1.807, 2.05) is 26.0 Å². The molecule has 1 rings (SSSR count). The summed E-state index contributed by atoms with van der Waals surface area (Å²) in [4.78, 5) is 11.1. The lowest BCUT2D eigenvalue weighted by Gasteiger charge is -2.12. The summed E-state index contributed by atoms with van der Waals surface area (Å²) in [5, 5.41) is 2.73. The number of nitrogens with one attached hydrogen (secondary N) is 1. The molecule has 0 bridgehead atoms. The maximum Gasteiger partial charge on any atom is 0.234 e. The van der Waals surface area contributed by atoms with Gasteiger partial charge in [-0.1, -0.05) is 6.07 Å². The molecule has 0 fully saturated rings. The summed E-state index contributed by atoms with van der Waals surface area (Å²) in [6.45, 7) is 4.51. The van der Waals surface area contributed by atoms with Gasteiger partial charge in [-0.05, 0) is 31.0 Å². The van der Waals surface area contributed by atoms with Crippen LogP contribution in [-0.2, 0) is 11.3 Å². The molecule has 0 atom stereocenters. The van der Waals surface area contributed by atoms with E-state index in [1.54, 1.807) is 7.11 Å². The first-order valence-corrected chi connectivity index (χ1v) is 5.19. The highest BCUT2D eigenvalue weighted by Gasteiger charge is 2.06. The fourth-order valence-corrected chi connectivity index (χ4v) is 1.44. The van der Waals surface area contributed by atoms with Gasteiger partial charge in [0.1, 0.15) is 5.75 Å². The molecule has 1 amide bonds. The smallest absolute Gasteiger partial charge is 0.234 e. The van der Waals surface area contributed by atoms with Gasteiger partial charge in [0.2, 0.25) is 5.91 Å². The van der Waals surface area contributed by atoms with Crippen molar-refractivity contribution >= 4 is 5.91 Å².